The van der Waals surface area contributed by atoms with Crippen LogP contribution in [0.1, 0.15) is 45.4 Å². The minimum absolute atomic E-state index is 0.172. The predicted octanol–water partition coefficient (Wildman–Crippen LogP) is 4.26. The lowest BCUT2D eigenvalue weighted by atomic mass is 9.85. The van der Waals surface area contributed by atoms with Gasteiger partial charge in [0.15, 0.2) is 0 Å². The van der Waals surface area contributed by atoms with Gasteiger partial charge in [0.2, 0.25) is 0 Å². The summed E-state index contributed by atoms with van der Waals surface area (Å²) in [6.07, 6.45) is 6.36. The minimum atomic E-state index is -0.654. The molecule has 8 nitrogen and oxygen atoms in total. The first kappa shape index (κ1) is 16.9. The molecule has 1 saturated carbocycles. The normalized spacial score (nSPS) is 19.5. The highest BCUT2D eigenvalue weighted by Gasteiger charge is 2.20. The van der Waals surface area contributed by atoms with Crippen LogP contribution in [0.15, 0.2) is 23.3 Å². The molecular weight excluding hydrogens is 300 g/mol. The van der Waals surface area contributed by atoms with Gasteiger partial charge in [-0.1, -0.05) is 19.8 Å². The fraction of sp³-hybridized carbons (Fsp3) is 0.533. The van der Waals surface area contributed by atoms with E-state index in [9.17, 15) is 20.2 Å². The quantitative estimate of drug-likeness (QED) is 0.621. The van der Waals surface area contributed by atoms with Gasteiger partial charge in [-0.15, -0.1) is 0 Å². The van der Waals surface area contributed by atoms with Gasteiger partial charge in [-0.3, -0.25) is 25.7 Å². The number of rotatable bonds is 6. The molecule has 0 heterocycles. The van der Waals surface area contributed by atoms with Gasteiger partial charge in [0.05, 0.1) is 15.9 Å². The molecule has 0 spiro atoms. The number of anilines is 1. The molecule has 1 unspecified atom stereocenters. The third-order valence-electron chi connectivity index (χ3n) is 4.02. The Kier molecular flexibility index (Phi) is 5.61. The van der Waals surface area contributed by atoms with E-state index >= 15 is 0 Å². The number of nitro benzene ring substituents is 2. The number of nitrogens with zero attached hydrogens (tertiary/aromatic N) is 3. The zero-order valence-electron chi connectivity index (χ0n) is 13.0. The third kappa shape index (κ3) is 4.48. The van der Waals surface area contributed by atoms with Crippen molar-refractivity contribution in [1.82, 2.24) is 0 Å². The maximum Gasteiger partial charge on any atom is 0.301 e. The molecule has 1 aromatic rings. The van der Waals surface area contributed by atoms with Crippen LogP contribution in [-0.2, 0) is 0 Å². The number of hydrazone groups is 1. The van der Waals surface area contributed by atoms with E-state index in [2.05, 4.69) is 17.5 Å². The summed E-state index contributed by atoms with van der Waals surface area (Å²) >= 11 is 0. The maximum absolute atomic E-state index is 11.1. The number of non-ortho nitro benzene ring substituents is 1. The van der Waals surface area contributed by atoms with Gasteiger partial charge in [-0.2, -0.15) is 5.10 Å². The Bertz CT molecular complexity index is 628. The first-order chi connectivity index (χ1) is 11.0. The highest BCUT2D eigenvalue weighted by atomic mass is 16.6. The van der Waals surface area contributed by atoms with Crippen LogP contribution in [0.4, 0.5) is 17.1 Å². The van der Waals surface area contributed by atoms with Crippen molar-refractivity contribution in [1.29, 1.82) is 0 Å². The third-order valence-corrected chi connectivity index (χ3v) is 4.02. The molecule has 124 valence electrons. The van der Waals surface area contributed by atoms with Crippen LogP contribution >= 0.6 is 0 Å². The number of benzene rings is 1. The van der Waals surface area contributed by atoms with Crippen LogP contribution in [0, 0.1) is 26.1 Å². The van der Waals surface area contributed by atoms with Crippen LogP contribution in [0.2, 0.25) is 0 Å². The highest BCUT2D eigenvalue weighted by molar-refractivity contribution is 5.86. The maximum atomic E-state index is 11.1. The van der Waals surface area contributed by atoms with E-state index in [1.807, 2.05) is 0 Å². The molecule has 0 bridgehead atoms. The van der Waals surface area contributed by atoms with Gasteiger partial charge in [0.25, 0.3) is 5.69 Å². The van der Waals surface area contributed by atoms with Crippen molar-refractivity contribution in [3.8, 4) is 0 Å². The van der Waals surface area contributed by atoms with Gasteiger partial charge in [-0.05, 0) is 37.7 Å². The Balaban J connectivity index is 2.14. The Morgan fingerprint density at radius 1 is 1.30 bits per heavy atom. The molecule has 0 amide bonds. The summed E-state index contributed by atoms with van der Waals surface area (Å²) in [5, 5.41) is 26.1. The summed E-state index contributed by atoms with van der Waals surface area (Å²) in [5.74, 6) is 0.626. The van der Waals surface area contributed by atoms with Crippen molar-refractivity contribution in [2.75, 3.05) is 5.43 Å². The molecule has 1 fully saturated rings. The van der Waals surface area contributed by atoms with Crippen molar-refractivity contribution in [2.24, 2.45) is 11.0 Å². The fourth-order valence-electron chi connectivity index (χ4n) is 2.91. The van der Waals surface area contributed by atoms with Crippen LogP contribution in [0.25, 0.3) is 0 Å². The second-order valence-corrected chi connectivity index (χ2v) is 5.76. The molecule has 1 aliphatic rings. The standard InChI is InChI=1S/C15H20N4O4/c1-2-4-11-5-3-6-12(9-11)16-17-14-8-7-13(18(20)21)10-15(14)19(22)23/h7-8,10-11,17H,2-6,9H2,1H3/b16-12-. The van der Waals surface area contributed by atoms with Gasteiger partial charge < -0.3 is 0 Å². The van der Waals surface area contributed by atoms with Gasteiger partial charge in [0.1, 0.15) is 5.69 Å². The van der Waals surface area contributed by atoms with Crippen molar-refractivity contribution in [2.45, 2.75) is 45.4 Å². The number of hydrogen-bond donors (Lipinski definition) is 1. The molecule has 8 heteroatoms. The summed E-state index contributed by atoms with van der Waals surface area (Å²) in [7, 11) is 0. The van der Waals surface area contributed by atoms with E-state index < -0.39 is 9.85 Å². The summed E-state index contributed by atoms with van der Waals surface area (Å²) in [4.78, 5) is 20.5. The molecule has 23 heavy (non-hydrogen) atoms. The number of hydrogen-bond acceptors (Lipinski definition) is 6. The van der Waals surface area contributed by atoms with Crippen molar-refractivity contribution in [3.63, 3.8) is 0 Å². The van der Waals surface area contributed by atoms with Crippen LogP contribution in [0.5, 0.6) is 0 Å². The lowest BCUT2D eigenvalue weighted by molar-refractivity contribution is -0.393. The SMILES string of the molecule is CCCC1CCC/C(=N/Nc2ccc([N+](=O)[O-])cc2[N+](=O)[O-])C1. The minimum Gasteiger partial charge on any atom is -0.272 e. The fourth-order valence-corrected chi connectivity index (χ4v) is 2.91. The lowest BCUT2D eigenvalue weighted by Gasteiger charge is -2.22. The molecule has 0 aromatic heterocycles. The molecule has 1 atom stereocenters. The van der Waals surface area contributed by atoms with Gasteiger partial charge in [0, 0.05) is 11.8 Å². The first-order valence-electron chi connectivity index (χ1n) is 7.75. The van der Waals surface area contributed by atoms with Crippen molar-refractivity contribution in [3.05, 3.63) is 38.4 Å². The summed E-state index contributed by atoms with van der Waals surface area (Å²) in [5.41, 5.74) is 3.24. The van der Waals surface area contributed by atoms with Crippen LogP contribution in [-0.4, -0.2) is 15.6 Å². The van der Waals surface area contributed by atoms with E-state index in [-0.39, 0.29) is 17.1 Å². The lowest BCUT2D eigenvalue weighted by Crippen LogP contribution is -2.16. The average molecular weight is 320 g/mol. The molecule has 0 radical (unpaired) electrons. The van der Waals surface area contributed by atoms with E-state index in [1.165, 1.54) is 18.6 Å². The van der Waals surface area contributed by atoms with E-state index in [0.717, 1.165) is 43.9 Å². The number of nitro groups is 2. The summed E-state index contributed by atoms with van der Waals surface area (Å²) in [6.45, 7) is 2.16. The second kappa shape index (κ2) is 7.66. The second-order valence-electron chi connectivity index (χ2n) is 5.76. The van der Waals surface area contributed by atoms with Crippen molar-refractivity contribution < 1.29 is 9.85 Å². The van der Waals surface area contributed by atoms with Gasteiger partial charge in [-0.25, -0.2) is 0 Å². The highest BCUT2D eigenvalue weighted by Crippen LogP contribution is 2.30. The monoisotopic (exact) mass is 320 g/mol. The summed E-state index contributed by atoms with van der Waals surface area (Å²) < 4.78 is 0. The van der Waals surface area contributed by atoms with Crippen molar-refractivity contribution >= 4 is 22.8 Å². The zero-order valence-corrected chi connectivity index (χ0v) is 13.0. The first-order valence-corrected chi connectivity index (χ1v) is 7.75. The summed E-state index contributed by atoms with van der Waals surface area (Å²) in [6, 6.07) is 3.51. The van der Waals surface area contributed by atoms with E-state index in [1.54, 1.807) is 0 Å². The Labute approximate surface area is 133 Å². The molecular formula is C15H20N4O4. The van der Waals surface area contributed by atoms with Crippen LogP contribution < -0.4 is 5.43 Å². The smallest absolute Gasteiger partial charge is 0.272 e. The Morgan fingerprint density at radius 2 is 2.09 bits per heavy atom. The number of nitrogens with one attached hydrogen (secondary N) is 1. The molecule has 2 rings (SSSR count). The Hall–Kier alpha value is -2.51. The Morgan fingerprint density at radius 3 is 2.74 bits per heavy atom. The van der Waals surface area contributed by atoms with E-state index in [0.29, 0.717) is 5.92 Å². The molecule has 0 saturated heterocycles. The largest absolute Gasteiger partial charge is 0.301 e. The van der Waals surface area contributed by atoms with Gasteiger partial charge >= 0.3 is 5.69 Å². The molecule has 1 aliphatic carbocycles. The molecule has 1 aromatic carbocycles. The van der Waals surface area contributed by atoms with Crippen LogP contribution in [0.3, 0.4) is 0 Å². The predicted molar refractivity (Wildman–Crippen MR) is 87.7 cm³/mol. The topological polar surface area (TPSA) is 111 Å². The zero-order chi connectivity index (χ0) is 16.8. The molecule has 1 N–H and O–H groups in total. The molecule has 0 aliphatic heterocycles. The average Bonchev–Trinajstić information content (AvgIpc) is 2.53. The van der Waals surface area contributed by atoms with E-state index in [4.69, 9.17) is 0 Å².